The van der Waals surface area contributed by atoms with Crippen molar-refractivity contribution in [2.45, 2.75) is 6.92 Å². The van der Waals surface area contributed by atoms with E-state index in [0.717, 1.165) is 22.4 Å². The molecule has 0 saturated heterocycles. The minimum atomic E-state index is 0.815. The van der Waals surface area contributed by atoms with Crippen LogP contribution in [-0.4, -0.2) is 7.05 Å². The Labute approximate surface area is 79.2 Å². The maximum absolute atomic E-state index is 5.36. The summed E-state index contributed by atoms with van der Waals surface area (Å²) in [4.78, 5) is 0. The molecule has 0 fully saturated rings. The third kappa shape index (κ3) is 1.66. The number of rotatable bonds is 1. The quantitative estimate of drug-likeness (QED) is 0.634. The molecule has 1 aromatic rings. The molecule has 1 heteroatoms. The van der Waals surface area contributed by atoms with E-state index in [-0.39, 0.29) is 0 Å². The van der Waals surface area contributed by atoms with Crippen LogP contribution in [0.1, 0.15) is 16.7 Å². The predicted octanol–water partition coefficient (Wildman–Crippen LogP) is 2.00. The average Bonchev–Trinajstić information content (AvgIpc) is 2.16. The Hall–Kier alpha value is -1.86. The molecule has 0 aliphatic rings. The minimum absolute atomic E-state index is 0.815. The van der Waals surface area contributed by atoms with Crippen LogP contribution < -0.4 is 5.32 Å². The number of nitrogens with one attached hydrogen (secondary N) is 1. The number of aryl methyl sites for hydroxylation is 1. The van der Waals surface area contributed by atoms with Crippen molar-refractivity contribution in [1.29, 1.82) is 0 Å². The zero-order valence-corrected chi connectivity index (χ0v) is 7.81. The molecule has 1 nitrogen and oxygen atoms in total. The highest BCUT2D eigenvalue weighted by Gasteiger charge is 2.04. The zero-order chi connectivity index (χ0) is 9.84. The molecule has 0 aliphatic heterocycles. The van der Waals surface area contributed by atoms with Crippen molar-refractivity contribution in [3.05, 3.63) is 28.8 Å². The summed E-state index contributed by atoms with van der Waals surface area (Å²) >= 11 is 0. The molecule has 64 valence electrons. The normalized spacial score (nSPS) is 8.62. The van der Waals surface area contributed by atoms with E-state index in [1.807, 2.05) is 26.1 Å². The van der Waals surface area contributed by atoms with E-state index < -0.39 is 0 Å². The number of anilines is 1. The van der Waals surface area contributed by atoms with Crippen LogP contribution in [0.5, 0.6) is 0 Å². The summed E-state index contributed by atoms with van der Waals surface area (Å²) in [6.07, 6.45) is 10.7. The fourth-order valence-electron chi connectivity index (χ4n) is 1.28. The van der Waals surface area contributed by atoms with Gasteiger partial charge in [-0.1, -0.05) is 11.8 Å². The highest BCUT2D eigenvalue weighted by atomic mass is 14.8. The smallest absolute Gasteiger partial charge is 0.0655 e. The van der Waals surface area contributed by atoms with Crippen molar-refractivity contribution in [3.63, 3.8) is 0 Å². The second-order valence-electron chi connectivity index (χ2n) is 2.77. The van der Waals surface area contributed by atoms with E-state index in [4.69, 9.17) is 12.8 Å². The summed E-state index contributed by atoms with van der Waals surface area (Å²) in [5.41, 5.74) is 3.57. The molecule has 0 bridgehead atoms. The van der Waals surface area contributed by atoms with Crippen LogP contribution in [0.3, 0.4) is 0 Å². The lowest BCUT2D eigenvalue weighted by molar-refractivity contribution is 1.40. The van der Waals surface area contributed by atoms with Crippen LogP contribution >= 0.6 is 0 Å². The first-order valence-electron chi connectivity index (χ1n) is 3.98. The summed E-state index contributed by atoms with van der Waals surface area (Å²) in [7, 11) is 1.81. The van der Waals surface area contributed by atoms with Gasteiger partial charge in [-0.15, -0.1) is 12.8 Å². The van der Waals surface area contributed by atoms with Crippen LogP contribution in [0.25, 0.3) is 0 Å². The summed E-state index contributed by atoms with van der Waals surface area (Å²) in [6, 6.07) is 3.87. The Bertz CT molecular complexity index is 367. The van der Waals surface area contributed by atoms with Crippen LogP contribution in [-0.2, 0) is 0 Å². The molecule has 0 spiro atoms. The van der Waals surface area contributed by atoms with E-state index in [2.05, 4.69) is 17.2 Å². The van der Waals surface area contributed by atoms with Crippen LogP contribution in [0.4, 0.5) is 5.69 Å². The molecule has 0 amide bonds. The number of terminal acetylenes is 2. The molecule has 0 radical (unpaired) electrons. The fourth-order valence-corrected chi connectivity index (χ4v) is 1.28. The molecule has 1 N–H and O–H groups in total. The lowest BCUT2D eigenvalue weighted by Crippen LogP contribution is -1.96. The molecule has 0 aliphatic carbocycles. The Morgan fingerprint density at radius 1 is 1.15 bits per heavy atom. The number of hydrogen-bond donors (Lipinski definition) is 1. The van der Waals surface area contributed by atoms with Gasteiger partial charge in [0.15, 0.2) is 0 Å². The Morgan fingerprint density at radius 2 is 1.62 bits per heavy atom. The zero-order valence-electron chi connectivity index (χ0n) is 7.81. The van der Waals surface area contributed by atoms with Gasteiger partial charge < -0.3 is 5.32 Å². The van der Waals surface area contributed by atoms with Crippen molar-refractivity contribution < 1.29 is 0 Å². The Kier molecular flexibility index (Phi) is 2.62. The fraction of sp³-hybridized carbons (Fsp3) is 0.167. The van der Waals surface area contributed by atoms with Crippen LogP contribution in [0.15, 0.2) is 12.1 Å². The van der Waals surface area contributed by atoms with Crippen LogP contribution in [0, 0.1) is 31.6 Å². The van der Waals surface area contributed by atoms with Crippen molar-refractivity contribution in [3.8, 4) is 24.7 Å². The molecule has 0 unspecified atom stereocenters. The molecule has 0 aromatic heterocycles. The van der Waals surface area contributed by atoms with E-state index in [1.54, 1.807) is 0 Å². The maximum atomic E-state index is 5.36. The van der Waals surface area contributed by atoms with Crippen LogP contribution in [0.2, 0.25) is 0 Å². The molecule has 1 aromatic carbocycles. The third-order valence-electron chi connectivity index (χ3n) is 1.84. The van der Waals surface area contributed by atoms with Crippen molar-refractivity contribution in [2.24, 2.45) is 0 Å². The molecular weight excluding hydrogens is 158 g/mol. The number of benzene rings is 1. The van der Waals surface area contributed by atoms with Gasteiger partial charge in [0.05, 0.1) is 5.69 Å². The van der Waals surface area contributed by atoms with E-state index >= 15 is 0 Å². The van der Waals surface area contributed by atoms with Crippen molar-refractivity contribution in [1.82, 2.24) is 0 Å². The third-order valence-corrected chi connectivity index (χ3v) is 1.84. The van der Waals surface area contributed by atoms with Gasteiger partial charge in [0, 0.05) is 18.2 Å². The molecule has 0 saturated carbocycles. The topological polar surface area (TPSA) is 12.0 Å². The second-order valence-corrected chi connectivity index (χ2v) is 2.77. The molecule has 13 heavy (non-hydrogen) atoms. The minimum Gasteiger partial charge on any atom is -0.386 e. The molecule has 1 rings (SSSR count). The average molecular weight is 169 g/mol. The lowest BCUT2D eigenvalue weighted by Gasteiger charge is -2.08. The first kappa shape index (κ1) is 9.23. The Morgan fingerprint density at radius 3 is 1.92 bits per heavy atom. The summed E-state index contributed by atoms with van der Waals surface area (Å²) < 4.78 is 0. The van der Waals surface area contributed by atoms with Crippen molar-refractivity contribution in [2.75, 3.05) is 12.4 Å². The Balaban J connectivity index is 3.47. The van der Waals surface area contributed by atoms with Gasteiger partial charge >= 0.3 is 0 Å². The van der Waals surface area contributed by atoms with Gasteiger partial charge in [-0.2, -0.15) is 0 Å². The molecule has 0 heterocycles. The maximum Gasteiger partial charge on any atom is 0.0655 e. The lowest BCUT2D eigenvalue weighted by atomic mass is 10.0. The summed E-state index contributed by atoms with van der Waals surface area (Å²) in [6.45, 7) is 1.97. The molecular formula is C12H11N. The number of hydrogen-bond acceptors (Lipinski definition) is 1. The standard InChI is InChI=1S/C12H11N/c1-5-10-7-9(3)8-11(6-2)12(10)13-4/h1-2,7-8,13H,3-4H3. The van der Waals surface area contributed by atoms with E-state index in [1.165, 1.54) is 0 Å². The van der Waals surface area contributed by atoms with Gasteiger partial charge in [0.1, 0.15) is 0 Å². The van der Waals surface area contributed by atoms with Gasteiger partial charge in [0.25, 0.3) is 0 Å². The molecule has 0 atom stereocenters. The monoisotopic (exact) mass is 169 g/mol. The van der Waals surface area contributed by atoms with Gasteiger partial charge in [-0.3, -0.25) is 0 Å². The highest BCUT2D eigenvalue weighted by Crippen LogP contribution is 2.21. The van der Waals surface area contributed by atoms with E-state index in [9.17, 15) is 0 Å². The summed E-state index contributed by atoms with van der Waals surface area (Å²) in [5.74, 6) is 5.21. The highest BCUT2D eigenvalue weighted by molar-refractivity contribution is 5.68. The SMILES string of the molecule is C#Cc1cc(C)cc(C#C)c1NC. The predicted molar refractivity (Wildman–Crippen MR) is 56.6 cm³/mol. The van der Waals surface area contributed by atoms with E-state index in [0.29, 0.717) is 0 Å². The largest absolute Gasteiger partial charge is 0.386 e. The first-order chi connectivity index (χ1) is 6.22. The second kappa shape index (κ2) is 3.70. The van der Waals surface area contributed by atoms with Gasteiger partial charge in [-0.05, 0) is 24.6 Å². The van der Waals surface area contributed by atoms with Gasteiger partial charge in [-0.25, -0.2) is 0 Å². The summed E-state index contributed by atoms with van der Waals surface area (Å²) in [5, 5.41) is 3.01. The van der Waals surface area contributed by atoms with Crippen molar-refractivity contribution >= 4 is 5.69 Å². The first-order valence-corrected chi connectivity index (χ1v) is 3.98. The van der Waals surface area contributed by atoms with Gasteiger partial charge in [0.2, 0.25) is 0 Å².